The van der Waals surface area contributed by atoms with Crippen LogP contribution in [0.15, 0.2) is 0 Å². The first-order valence-corrected chi connectivity index (χ1v) is 7.40. The van der Waals surface area contributed by atoms with E-state index < -0.39 is 0 Å². The molecule has 1 heterocycles. The van der Waals surface area contributed by atoms with Crippen LogP contribution in [-0.4, -0.2) is 48.4 Å². The molecule has 0 spiro atoms. The number of hydrogen-bond acceptors (Lipinski definition) is 3. The van der Waals surface area contributed by atoms with Gasteiger partial charge in [0.1, 0.15) is 0 Å². The van der Waals surface area contributed by atoms with Gasteiger partial charge in [-0.05, 0) is 40.0 Å². The molecule has 0 aromatic rings. The summed E-state index contributed by atoms with van der Waals surface area (Å²) in [6.07, 6.45) is 3.49. The Morgan fingerprint density at radius 2 is 1.95 bits per heavy atom. The quantitative estimate of drug-likeness (QED) is 0.753. The fourth-order valence-electron chi connectivity index (χ4n) is 2.50. The minimum absolute atomic E-state index is 0.0268. The van der Waals surface area contributed by atoms with Crippen LogP contribution in [-0.2, 0) is 9.59 Å². The molecule has 1 fully saturated rings. The molecule has 19 heavy (non-hydrogen) atoms. The molecule has 110 valence electrons. The first-order valence-electron chi connectivity index (χ1n) is 7.40. The molecule has 0 radical (unpaired) electrons. The predicted octanol–water partition coefficient (Wildman–Crippen LogP) is 0.892. The van der Waals surface area contributed by atoms with Gasteiger partial charge in [-0.15, -0.1) is 0 Å². The van der Waals surface area contributed by atoms with Gasteiger partial charge >= 0.3 is 0 Å². The Bertz CT molecular complexity index is 303. The molecule has 2 unspecified atom stereocenters. The highest BCUT2D eigenvalue weighted by Crippen LogP contribution is 2.12. The van der Waals surface area contributed by atoms with Crippen LogP contribution in [0, 0.1) is 0 Å². The van der Waals surface area contributed by atoms with Crippen molar-refractivity contribution in [2.45, 2.75) is 58.5 Å². The Balaban J connectivity index is 2.25. The first-order chi connectivity index (χ1) is 9.08. The second-order valence-corrected chi connectivity index (χ2v) is 5.16. The first kappa shape index (κ1) is 16.0. The minimum atomic E-state index is -0.0905. The summed E-state index contributed by atoms with van der Waals surface area (Å²) in [5, 5.41) is 6.15. The van der Waals surface area contributed by atoms with Crippen molar-refractivity contribution < 1.29 is 9.59 Å². The Labute approximate surface area is 116 Å². The second kappa shape index (κ2) is 8.15. The van der Waals surface area contributed by atoms with Gasteiger partial charge in [0.05, 0.1) is 6.04 Å². The third kappa shape index (κ3) is 5.19. The summed E-state index contributed by atoms with van der Waals surface area (Å²) in [4.78, 5) is 25.5. The molecule has 1 saturated heterocycles. The van der Waals surface area contributed by atoms with Crippen molar-refractivity contribution in [1.82, 2.24) is 15.5 Å². The summed E-state index contributed by atoms with van der Waals surface area (Å²) in [7, 11) is 0. The molecule has 1 rings (SSSR count). The molecule has 2 amide bonds. The molecular formula is C14H27N3O2. The monoisotopic (exact) mass is 269 g/mol. The zero-order chi connectivity index (χ0) is 14.3. The van der Waals surface area contributed by atoms with E-state index in [0.717, 1.165) is 32.4 Å². The summed E-state index contributed by atoms with van der Waals surface area (Å²) in [5.74, 6) is 0.133. The minimum Gasteiger partial charge on any atom is -0.354 e. The molecule has 0 aromatic carbocycles. The van der Waals surface area contributed by atoms with E-state index in [2.05, 4.69) is 17.6 Å². The number of nitrogens with zero attached hydrogens (tertiary/aromatic N) is 1. The van der Waals surface area contributed by atoms with E-state index in [9.17, 15) is 9.59 Å². The van der Waals surface area contributed by atoms with Gasteiger partial charge < -0.3 is 15.5 Å². The number of carbonyl (C=O) groups is 2. The number of rotatable bonds is 6. The highest BCUT2D eigenvalue weighted by atomic mass is 16.2. The summed E-state index contributed by atoms with van der Waals surface area (Å²) in [6.45, 7) is 7.92. The van der Waals surface area contributed by atoms with E-state index in [4.69, 9.17) is 0 Å². The van der Waals surface area contributed by atoms with Crippen LogP contribution in [0.25, 0.3) is 0 Å². The number of nitrogens with one attached hydrogen (secondary N) is 2. The lowest BCUT2D eigenvalue weighted by molar-refractivity contribution is -0.130. The topological polar surface area (TPSA) is 61.4 Å². The van der Waals surface area contributed by atoms with E-state index in [-0.39, 0.29) is 17.9 Å². The lowest BCUT2D eigenvalue weighted by Gasteiger charge is -2.27. The molecule has 1 aliphatic heterocycles. The maximum Gasteiger partial charge on any atom is 0.237 e. The molecular weight excluding hydrogens is 242 g/mol. The lowest BCUT2D eigenvalue weighted by Crippen LogP contribution is -2.50. The number of piperidine rings is 1. The Morgan fingerprint density at radius 1 is 1.26 bits per heavy atom. The van der Waals surface area contributed by atoms with Crippen LogP contribution in [0.2, 0.25) is 0 Å². The summed E-state index contributed by atoms with van der Waals surface area (Å²) < 4.78 is 0. The smallest absolute Gasteiger partial charge is 0.237 e. The molecule has 0 aliphatic carbocycles. The normalized spacial score (nSPS) is 22.9. The maximum atomic E-state index is 11.9. The summed E-state index contributed by atoms with van der Waals surface area (Å²) >= 11 is 0. The van der Waals surface area contributed by atoms with Crippen LogP contribution in [0.5, 0.6) is 0 Å². The zero-order valence-electron chi connectivity index (χ0n) is 12.4. The van der Waals surface area contributed by atoms with Crippen LogP contribution >= 0.6 is 0 Å². The Morgan fingerprint density at radius 3 is 2.53 bits per heavy atom. The molecule has 0 aromatic heterocycles. The molecule has 0 bridgehead atoms. The molecule has 2 N–H and O–H groups in total. The maximum absolute atomic E-state index is 11.9. The predicted molar refractivity (Wildman–Crippen MR) is 75.8 cm³/mol. The van der Waals surface area contributed by atoms with Gasteiger partial charge in [-0.25, -0.2) is 0 Å². The second-order valence-electron chi connectivity index (χ2n) is 5.16. The summed E-state index contributed by atoms with van der Waals surface area (Å²) in [5.41, 5.74) is 0. The highest BCUT2D eigenvalue weighted by molar-refractivity contribution is 5.83. The molecule has 5 heteroatoms. The third-order valence-corrected chi connectivity index (χ3v) is 3.69. The van der Waals surface area contributed by atoms with Crippen molar-refractivity contribution in [1.29, 1.82) is 0 Å². The van der Waals surface area contributed by atoms with Gasteiger partial charge in [-0.2, -0.15) is 0 Å². The van der Waals surface area contributed by atoms with Gasteiger partial charge in [0.2, 0.25) is 11.8 Å². The van der Waals surface area contributed by atoms with Crippen molar-refractivity contribution in [3.63, 3.8) is 0 Å². The van der Waals surface area contributed by atoms with Crippen molar-refractivity contribution >= 4 is 11.8 Å². The van der Waals surface area contributed by atoms with E-state index in [1.54, 1.807) is 4.90 Å². The van der Waals surface area contributed by atoms with E-state index in [1.165, 1.54) is 0 Å². The van der Waals surface area contributed by atoms with Crippen LogP contribution in [0.4, 0.5) is 0 Å². The highest BCUT2D eigenvalue weighted by Gasteiger charge is 2.23. The average Bonchev–Trinajstić information content (AvgIpc) is 2.40. The van der Waals surface area contributed by atoms with Crippen LogP contribution < -0.4 is 10.6 Å². The molecule has 0 saturated carbocycles. The van der Waals surface area contributed by atoms with E-state index in [1.807, 2.05) is 13.8 Å². The van der Waals surface area contributed by atoms with Crippen molar-refractivity contribution in [2.75, 3.05) is 19.6 Å². The van der Waals surface area contributed by atoms with Gasteiger partial charge in [0, 0.05) is 32.1 Å². The largest absolute Gasteiger partial charge is 0.354 e. The average molecular weight is 269 g/mol. The SMILES string of the molecule is CCN(CC)C(=O)CCNC(=O)C1CCCC(C)N1. The zero-order valence-corrected chi connectivity index (χ0v) is 12.4. The standard InChI is InChI=1S/C14H27N3O2/c1-4-17(5-2)13(18)9-10-15-14(19)12-8-6-7-11(3)16-12/h11-12,16H,4-10H2,1-3H3,(H,15,19). The van der Waals surface area contributed by atoms with E-state index in [0.29, 0.717) is 19.0 Å². The Kier molecular flexibility index (Phi) is 6.84. The molecule has 2 atom stereocenters. The summed E-state index contributed by atoms with van der Waals surface area (Å²) in [6, 6.07) is 0.314. The Hall–Kier alpha value is -1.10. The van der Waals surface area contributed by atoms with E-state index >= 15 is 0 Å². The fraction of sp³-hybridized carbons (Fsp3) is 0.857. The van der Waals surface area contributed by atoms with Gasteiger partial charge in [-0.3, -0.25) is 9.59 Å². The number of amides is 2. The van der Waals surface area contributed by atoms with Crippen molar-refractivity contribution in [3.8, 4) is 0 Å². The van der Waals surface area contributed by atoms with Crippen LogP contribution in [0.3, 0.4) is 0 Å². The van der Waals surface area contributed by atoms with Crippen molar-refractivity contribution in [3.05, 3.63) is 0 Å². The van der Waals surface area contributed by atoms with Crippen LogP contribution in [0.1, 0.15) is 46.5 Å². The third-order valence-electron chi connectivity index (χ3n) is 3.69. The van der Waals surface area contributed by atoms with Gasteiger partial charge in [0.15, 0.2) is 0 Å². The van der Waals surface area contributed by atoms with Gasteiger partial charge in [0.25, 0.3) is 0 Å². The van der Waals surface area contributed by atoms with Gasteiger partial charge in [-0.1, -0.05) is 0 Å². The molecule has 1 aliphatic rings. The van der Waals surface area contributed by atoms with Crippen molar-refractivity contribution in [2.24, 2.45) is 0 Å². The number of carbonyl (C=O) groups excluding carboxylic acids is 2. The number of hydrogen-bond donors (Lipinski definition) is 2. The molecule has 5 nitrogen and oxygen atoms in total. The fourth-order valence-corrected chi connectivity index (χ4v) is 2.50. The lowest BCUT2D eigenvalue weighted by atomic mass is 9.99.